The summed E-state index contributed by atoms with van der Waals surface area (Å²) in [4.78, 5) is 28.6. The fourth-order valence-electron chi connectivity index (χ4n) is 2.97. The number of hydrogen-bond donors (Lipinski definition) is 0. The van der Waals surface area contributed by atoms with Crippen LogP contribution in [0.15, 0.2) is 40.5 Å². The second-order valence-electron chi connectivity index (χ2n) is 5.36. The lowest BCUT2D eigenvalue weighted by atomic mass is 9.74. The van der Waals surface area contributed by atoms with Crippen molar-refractivity contribution in [2.24, 2.45) is 10.9 Å². The number of methoxy groups -OCH3 is 1. The van der Waals surface area contributed by atoms with Gasteiger partial charge in [0.05, 0.1) is 18.6 Å². The van der Waals surface area contributed by atoms with E-state index in [0.717, 1.165) is 0 Å². The van der Waals surface area contributed by atoms with Crippen molar-refractivity contribution < 1.29 is 18.7 Å². The summed E-state index contributed by atoms with van der Waals surface area (Å²) in [5.41, 5.74) is 2.21. The van der Waals surface area contributed by atoms with Gasteiger partial charge in [0.2, 0.25) is 0 Å². The number of ketones is 1. The lowest BCUT2D eigenvalue weighted by molar-refractivity contribution is -0.136. The predicted octanol–water partition coefficient (Wildman–Crippen LogP) is 3.04. The molecule has 4 nitrogen and oxygen atoms in total. The van der Waals surface area contributed by atoms with Crippen LogP contribution in [-0.2, 0) is 14.3 Å². The number of rotatable bonds is 3. The second kappa shape index (κ2) is 6.22. The Labute approximate surface area is 128 Å². The molecule has 1 heterocycles. The van der Waals surface area contributed by atoms with Crippen molar-refractivity contribution in [3.05, 3.63) is 46.9 Å². The maximum Gasteiger partial charge on any atom is 0.336 e. The van der Waals surface area contributed by atoms with E-state index >= 15 is 0 Å². The summed E-state index contributed by atoms with van der Waals surface area (Å²) < 4.78 is 18.0. The quantitative estimate of drug-likeness (QED) is 0.806. The van der Waals surface area contributed by atoms with E-state index in [9.17, 15) is 14.0 Å². The summed E-state index contributed by atoms with van der Waals surface area (Å²) in [5, 5.41) is 0. The van der Waals surface area contributed by atoms with Gasteiger partial charge >= 0.3 is 5.97 Å². The normalized spacial score (nSPS) is 21.4. The first-order valence-electron chi connectivity index (χ1n) is 6.97. The molecule has 0 saturated heterocycles. The third kappa shape index (κ3) is 2.84. The Balaban J connectivity index is 2.65. The fourth-order valence-corrected chi connectivity index (χ4v) is 2.97. The van der Waals surface area contributed by atoms with Gasteiger partial charge in [0.25, 0.3) is 0 Å². The highest BCUT2D eigenvalue weighted by atomic mass is 19.1. The Morgan fingerprint density at radius 2 is 1.77 bits per heavy atom. The van der Waals surface area contributed by atoms with E-state index in [1.165, 1.54) is 26.2 Å². The second-order valence-corrected chi connectivity index (χ2v) is 5.36. The Hall–Kier alpha value is -2.30. The van der Waals surface area contributed by atoms with Gasteiger partial charge in [0, 0.05) is 17.3 Å². The summed E-state index contributed by atoms with van der Waals surface area (Å²) in [6.07, 6.45) is 0. The van der Waals surface area contributed by atoms with E-state index < -0.39 is 17.8 Å². The number of aliphatic imine (C=N–C) groups is 1. The first kappa shape index (κ1) is 16.1. The minimum Gasteiger partial charge on any atom is -0.466 e. The first-order chi connectivity index (χ1) is 10.4. The van der Waals surface area contributed by atoms with Gasteiger partial charge in [0.1, 0.15) is 11.6 Å². The average Bonchev–Trinajstić information content (AvgIpc) is 2.46. The Morgan fingerprint density at radius 3 is 2.27 bits per heavy atom. The molecule has 22 heavy (non-hydrogen) atoms. The van der Waals surface area contributed by atoms with Gasteiger partial charge in [-0.05, 0) is 38.5 Å². The smallest absolute Gasteiger partial charge is 0.336 e. The molecule has 0 N–H and O–H groups in total. The number of halogens is 1. The van der Waals surface area contributed by atoms with E-state index in [4.69, 9.17) is 4.74 Å². The number of ether oxygens (including phenoxy) is 1. The largest absolute Gasteiger partial charge is 0.466 e. The molecule has 0 aromatic heterocycles. The zero-order valence-electron chi connectivity index (χ0n) is 13.0. The molecular formula is C17H18FNO3. The highest BCUT2D eigenvalue weighted by molar-refractivity contribution is 6.08. The van der Waals surface area contributed by atoms with E-state index in [0.29, 0.717) is 22.5 Å². The number of nitrogens with zero attached hydrogens (tertiary/aromatic N) is 1. The van der Waals surface area contributed by atoms with Crippen LogP contribution in [0.1, 0.15) is 32.3 Å². The Bertz CT molecular complexity index is 674. The molecule has 1 unspecified atom stereocenters. The number of esters is 1. The minimum absolute atomic E-state index is 0.0931. The number of Topliss-reactive ketones (excluding diaryl/α,β-unsaturated/α-hetero) is 1. The van der Waals surface area contributed by atoms with E-state index in [-0.39, 0.29) is 11.6 Å². The Morgan fingerprint density at radius 1 is 1.18 bits per heavy atom. The molecule has 0 aliphatic carbocycles. The van der Waals surface area contributed by atoms with Crippen LogP contribution in [0.2, 0.25) is 0 Å². The van der Waals surface area contributed by atoms with Crippen molar-refractivity contribution in [3.63, 3.8) is 0 Å². The minimum atomic E-state index is -0.553. The van der Waals surface area contributed by atoms with Crippen molar-refractivity contribution in [1.82, 2.24) is 0 Å². The molecular weight excluding hydrogens is 285 g/mol. The lowest BCUT2D eigenvalue weighted by Crippen LogP contribution is -2.34. The van der Waals surface area contributed by atoms with Crippen LogP contribution in [0.5, 0.6) is 0 Å². The number of benzene rings is 1. The standard InChI is InChI=1S/C17H18FNO3/c1-9-14(11(3)20)16(12-5-7-13(18)8-6-12)15(10(2)19-9)17(21)22-4/h5-8,14,16H,1-4H3/t14?,16-/m1/s1. The van der Waals surface area contributed by atoms with Gasteiger partial charge < -0.3 is 4.74 Å². The third-order valence-corrected chi connectivity index (χ3v) is 3.90. The first-order valence-corrected chi connectivity index (χ1v) is 6.97. The Kier molecular flexibility index (Phi) is 4.54. The van der Waals surface area contributed by atoms with Gasteiger partial charge in [-0.15, -0.1) is 0 Å². The topological polar surface area (TPSA) is 55.7 Å². The van der Waals surface area contributed by atoms with Crippen molar-refractivity contribution in [1.29, 1.82) is 0 Å². The molecule has 1 aromatic rings. The SMILES string of the molecule is COC(=O)C1=C(C)N=C(C)C(C(C)=O)[C@H]1c1ccc(F)cc1. The summed E-state index contributed by atoms with van der Waals surface area (Å²) >= 11 is 0. The average molecular weight is 303 g/mol. The molecule has 0 amide bonds. The fraction of sp³-hybridized carbons (Fsp3) is 0.353. The molecule has 2 rings (SSSR count). The van der Waals surface area contributed by atoms with Gasteiger partial charge in [0.15, 0.2) is 0 Å². The van der Waals surface area contributed by atoms with Gasteiger partial charge in [-0.2, -0.15) is 0 Å². The maximum absolute atomic E-state index is 13.2. The van der Waals surface area contributed by atoms with Gasteiger partial charge in [-0.1, -0.05) is 12.1 Å². The zero-order valence-corrected chi connectivity index (χ0v) is 13.0. The van der Waals surface area contributed by atoms with E-state index in [1.807, 2.05) is 0 Å². The molecule has 1 aromatic carbocycles. The van der Waals surface area contributed by atoms with Crippen LogP contribution in [0, 0.1) is 11.7 Å². The van der Waals surface area contributed by atoms with Crippen LogP contribution >= 0.6 is 0 Å². The van der Waals surface area contributed by atoms with Crippen LogP contribution in [0.3, 0.4) is 0 Å². The number of hydrogen-bond acceptors (Lipinski definition) is 4. The lowest BCUT2D eigenvalue weighted by Gasteiger charge is -2.31. The van der Waals surface area contributed by atoms with Gasteiger partial charge in [-0.25, -0.2) is 9.18 Å². The number of allylic oxidation sites excluding steroid dienone is 1. The summed E-state index contributed by atoms with van der Waals surface area (Å²) in [7, 11) is 1.29. The van der Waals surface area contributed by atoms with Crippen molar-refractivity contribution in [2.75, 3.05) is 7.11 Å². The molecule has 0 saturated carbocycles. The van der Waals surface area contributed by atoms with E-state index in [2.05, 4.69) is 4.99 Å². The molecule has 1 aliphatic heterocycles. The highest BCUT2D eigenvalue weighted by Gasteiger charge is 2.39. The monoisotopic (exact) mass is 303 g/mol. The van der Waals surface area contributed by atoms with Crippen LogP contribution in [0.4, 0.5) is 4.39 Å². The van der Waals surface area contributed by atoms with E-state index in [1.54, 1.807) is 26.0 Å². The predicted molar refractivity (Wildman–Crippen MR) is 81.1 cm³/mol. The number of carbonyl (C=O) groups is 2. The van der Waals surface area contributed by atoms with Crippen molar-refractivity contribution in [2.45, 2.75) is 26.7 Å². The molecule has 0 bridgehead atoms. The van der Waals surface area contributed by atoms with Crippen LogP contribution in [-0.4, -0.2) is 24.6 Å². The molecule has 0 radical (unpaired) electrons. The molecule has 0 fully saturated rings. The molecule has 1 aliphatic rings. The van der Waals surface area contributed by atoms with Crippen molar-refractivity contribution >= 4 is 17.5 Å². The molecule has 0 spiro atoms. The molecule has 116 valence electrons. The molecule has 5 heteroatoms. The van der Waals surface area contributed by atoms with Gasteiger partial charge in [-0.3, -0.25) is 9.79 Å². The van der Waals surface area contributed by atoms with Crippen LogP contribution < -0.4 is 0 Å². The molecule has 2 atom stereocenters. The van der Waals surface area contributed by atoms with Crippen molar-refractivity contribution in [3.8, 4) is 0 Å². The summed E-state index contributed by atoms with van der Waals surface area (Å²) in [6, 6.07) is 5.81. The highest BCUT2D eigenvalue weighted by Crippen LogP contribution is 2.39. The van der Waals surface area contributed by atoms with Crippen LogP contribution in [0.25, 0.3) is 0 Å². The third-order valence-electron chi connectivity index (χ3n) is 3.90. The summed E-state index contributed by atoms with van der Waals surface area (Å²) in [6.45, 7) is 4.94. The summed E-state index contributed by atoms with van der Waals surface area (Å²) in [5.74, 6) is -2.05. The zero-order chi connectivity index (χ0) is 16.4. The number of carbonyl (C=O) groups excluding carboxylic acids is 2. The maximum atomic E-state index is 13.2.